The van der Waals surface area contributed by atoms with Gasteiger partial charge in [0.15, 0.2) is 0 Å². The van der Waals surface area contributed by atoms with E-state index in [1.165, 1.54) is 0 Å². The fourth-order valence-corrected chi connectivity index (χ4v) is 3.34. The van der Waals surface area contributed by atoms with Gasteiger partial charge in [0.25, 0.3) is 0 Å². The molecular weight excluding hydrogens is 268 g/mol. The molecule has 0 aromatic heterocycles. The van der Waals surface area contributed by atoms with Gasteiger partial charge in [-0.3, -0.25) is 4.79 Å². The Labute approximate surface area is 132 Å². The molecule has 0 amide bonds. The number of carbonyl (C=O) groups excluding carboxylic acids is 1. The lowest BCUT2D eigenvalue weighted by Gasteiger charge is -2.28. The van der Waals surface area contributed by atoms with Crippen molar-refractivity contribution in [3.05, 3.63) is 77.9 Å². The quantitative estimate of drug-likeness (QED) is 0.713. The summed E-state index contributed by atoms with van der Waals surface area (Å²) in [5, 5.41) is 0. The van der Waals surface area contributed by atoms with Crippen LogP contribution >= 0.6 is 0 Å². The molecule has 1 heteroatoms. The van der Waals surface area contributed by atoms with E-state index >= 15 is 0 Å². The second-order valence-electron chi connectivity index (χ2n) is 6.07. The Balaban J connectivity index is 2.03. The Bertz CT molecular complexity index is 642. The Kier molecular flexibility index (Phi) is 4.53. The number of Topliss-reactive ketones (excluding diaryl/α,β-unsaturated/α-hetero) is 1. The van der Waals surface area contributed by atoms with E-state index < -0.39 is 5.41 Å². The largest absolute Gasteiger partial charge is 0.298 e. The first kappa shape index (κ1) is 14.8. The molecule has 22 heavy (non-hydrogen) atoms. The van der Waals surface area contributed by atoms with Crippen LogP contribution in [0.4, 0.5) is 0 Å². The molecule has 0 aliphatic heterocycles. The highest BCUT2D eigenvalue weighted by atomic mass is 16.1. The van der Waals surface area contributed by atoms with Crippen molar-refractivity contribution in [3.63, 3.8) is 0 Å². The number of hydrogen-bond acceptors (Lipinski definition) is 1. The SMILES string of the molecule is O=C1CCCCCC1(/C=C/c1ccccc1)c1ccccc1. The standard InChI is InChI=1S/C21H22O/c22-20-14-8-3-9-16-21(20,19-12-6-2-7-13-19)17-15-18-10-4-1-5-11-18/h1-2,4-7,10-13,15,17H,3,8-9,14,16H2/b17-15+. The van der Waals surface area contributed by atoms with Gasteiger partial charge in [-0.15, -0.1) is 0 Å². The van der Waals surface area contributed by atoms with E-state index in [9.17, 15) is 4.79 Å². The molecule has 112 valence electrons. The lowest BCUT2D eigenvalue weighted by molar-refractivity contribution is -0.122. The van der Waals surface area contributed by atoms with Gasteiger partial charge in [-0.2, -0.15) is 0 Å². The zero-order valence-electron chi connectivity index (χ0n) is 12.9. The van der Waals surface area contributed by atoms with Crippen LogP contribution in [0.2, 0.25) is 0 Å². The van der Waals surface area contributed by atoms with Gasteiger partial charge in [0.1, 0.15) is 5.78 Å². The van der Waals surface area contributed by atoms with Gasteiger partial charge in [-0.25, -0.2) is 0 Å². The maximum Gasteiger partial charge on any atom is 0.147 e. The first-order valence-electron chi connectivity index (χ1n) is 8.14. The van der Waals surface area contributed by atoms with E-state index in [4.69, 9.17) is 0 Å². The van der Waals surface area contributed by atoms with Crippen molar-refractivity contribution in [1.82, 2.24) is 0 Å². The van der Waals surface area contributed by atoms with E-state index in [1.807, 2.05) is 36.4 Å². The minimum absolute atomic E-state index is 0.364. The van der Waals surface area contributed by atoms with E-state index in [0.717, 1.165) is 36.8 Å². The molecule has 2 aromatic rings. The fourth-order valence-electron chi connectivity index (χ4n) is 3.34. The molecule has 0 radical (unpaired) electrons. The van der Waals surface area contributed by atoms with Crippen LogP contribution in [-0.2, 0) is 10.2 Å². The van der Waals surface area contributed by atoms with Crippen LogP contribution in [0.25, 0.3) is 6.08 Å². The van der Waals surface area contributed by atoms with E-state index in [1.54, 1.807) is 0 Å². The van der Waals surface area contributed by atoms with Gasteiger partial charge in [0.05, 0.1) is 5.41 Å². The third kappa shape index (κ3) is 3.04. The summed E-state index contributed by atoms with van der Waals surface area (Å²) in [7, 11) is 0. The second-order valence-corrected chi connectivity index (χ2v) is 6.07. The van der Waals surface area contributed by atoms with Gasteiger partial charge in [-0.1, -0.05) is 85.7 Å². The average molecular weight is 290 g/mol. The van der Waals surface area contributed by atoms with E-state index in [2.05, 4.69) is 36.4 Å². The van der Waals surface area contributed by atoms with Crippen molar-refractivity contribution in [2.24, 2.45) is 0 Å². The summed E-state index contributed by atoms with van der Waals surface area (Å²) in [5.41, 5.74) is 1.83. The molecule has 1 unspecified atom stereocenters. The third-order valence-corrected chi connectivity index (χ3v) is 4.62. The van der Waals surface area contributed by atoms with Crippen LogP contribution in [-0.4, -0.2) is 5.78 Å². The molecule has 0 saturated heterocycles. The molecule has 1 atom stereocenters. The van der Waals surface area contributed by atoms with Crippen LogP contribution in [0, 0.1) is 0 Å². The molecule has 1 fully saturated rings. The Morgan fingerprint density at radius 2 is 1.50 bits per heavy atom. The van der Waals surface area contributed by atoms with Gasteiger partial charge >= 0.3 is 0 Å². The van der Waals surface area contributed by atoms with Crippen LogP contribution < -0.4 is 0 Å². The van der Waals surface area contributed by atoms with Crippen LogP contribution in [0.3, 0.4) is 0 Å². The molecular formula is C21H22O. The smallest absolute Gasteiger partial charge is 0.147 e. The third-order valence-electron chi connectivity index (χ3n) is 4.62. The summed E-state index contributed by atoms with van der Waals surface area (Å²) in [4.78, 5) is 12.9. The van der Waals surface area contributed by atoms with Gasteiger partial charge in [0, 0.05) is 6.42 Å². The lowest BCUT2D eigenvalue weighted by Crippen LogP contribution is -2.32. The minimum Gasteiger partial charge on any atom is -0.298 e. The van der Waals surface area contributed by atoms with Crippen molar-refractivity contribution < 1.29 is 4.79 Å². The summed E-state index contributed by atoms with van der Waals surface area (Å²) in [6, 6.07) is 20.5. The predicted molar refractivity (Wildman–Crippen MR) is 91.7 cm³/mol. The maximum atomic E-state index is 12.9. The summed E-state index contributed by atoms with van der Waals surface area (Å²) in [6.07, 6.45) is 9.14. The first-order chi connectivity index (χ1) is 10.8. The number of carbonyl (C=O) groups is 1. The van der Waals surface area contributed by atoms with E-state index in [-0.39, 0.29) is 0 Å². The van der Waals surface area contributed by atoms with Crippen LogP contribution in [0.15, 0.2) is 66.7 Å². The number of ketones is 1. The summed E-state index contributed by atoms with van der Waals surface area (Å²) in [6.45, 7) is 0. The van der Waals surface area contributed by atoms with Gasteiger partial charge in [-0.05, 0) is 24.0 Å². The van der Waals surface area contributed by atoms with E-state index in [0.29, 0.717) is 12.2 Å². The van der Waals surface area contributed by atoms with Gasteiger partial charge < -0.3 is 0 Å². The average Bonchev–Trinajstić information content (AvgIpc) is 2.77. The second kappa shape index (κ2) is 6.74. The summed E-state index contributed by atoms with van der Waals surface area (Å²) < 4.78 is 0. The molecule has 0 heterocycles. The monoisotopic (exact) mass is 290 g/mol. The fraction of sp³-hybridized carbons (Fsp3) is 0.286. The van der Waals surface area contributed by atoms with Crippen LogP contribution in [0.5, 0.6) is 0 Å². The molecule has 2 aromatic carbocycles. The summed E-state index contributed by atoms with van der Waals surface area (Å²) in [5.74, 6) is 0.364. The van der Waals surface area contributed by atoms with Crippen molar-refractivity contribution >= 4 is 11.9 Å². The normalized spacial score (nSPS) is 22.6. The topological polar surface area (TPSA) is 17.1 Å². The maximum absolute atomic E-state index is 12.9. The number of allylic oxidation sites excluding steroid dienone is 1. The minimum atomic E-state index is -0.451. The molecule has 0 bridgehead atoms. The zero-order chi connectivity index (χ0) is 15.3. The van der Waals surface area contributed by atoms with Crippen molar-refractivity contribution in [1.29, 1.82) is 0 Å². The Morgan fingerprint density at radius 1 is 0.818 bits per heavy atom. The highest BCUT2D eigenvalue weighted by molar-refractivity contribution is 5.93. The first-order valence-corrected chi connectivity index (χ1v) is 8.14. The molecule has 3 rings (SSSR count). The highest BCUT2D eigenvalue weighted by Gasteiger charge is 2.37. The molecule has 0 N–H and O–H groups in total. The molecule has 1 saturated carbocycles. The Morgan fingerprint density at radius 3 is 2.23 bits per heavy atom. The highest BCUT2D eigenvalue weighted by Crippen LogP contribution is 2.37. The number of benzene rings is 2. The van der Waals surface area contributed by atoms with Crippen molar-refractivity contribution in [2.45, 2.75) is 37.5 Å². The van der Waals surface area contributed by atoms with Crippen LogP contribution in [0.1, 0.15) is 43.2 Å². The van der Waals surface area contributed by atoms with Crippen molar-refractivity contribution in [3.8, 4) is 0 Å². The zero-order valence-corrected chi connectivity index (χ0v) is 12.9. The molecule has 1 aliphatic rings. The van der Waals surface area contributed by atoms with Crippen molar-refractivity contribution in [2.75, 3.05) is 0 Å². The molecule has 1 aliphatic carbocycles. The summed E-state index contributed by atoms with van der Waals surface area (Å²) >= 11 is 0. The number of hydrogen-bond donors (Lipinski definition) is 0. The Hall–Kier alpha value is -2.15. The number of rotatable bonds is 3. The molecule has 1 nitrogen and oxygen atoms in total. The van der Waals surface area contributed by atoms with Gasteiger partial charge in [0.2, 0.25) is 0 Å². The molecule has 0 spiro atoms. The predicted octanol–water partition coefficient (Wildman–Crippen LogP) is 5.17. The lowest BCUT2D eigenvalue weighted by atomic mass is 9.73.